The minimum atomic E-state index is 0.705. The minimum Gasteiger partial charge on any atom is -0.354 e. The predicted molar refractivity (Wildman–Crippen MR) is 115 cm³/mol. The van der Waals surface area contributed by atoms with E-state index in [2.05, 4.69) is 51.3 Å². The Morgan fingerprint density at radius 2 is 2.00 bits per heavy atom. The van der Waals surface area contributed by atoms with Crippen LogP contribution in [0, 0.1) is 19.8 Å². The van der Waals surface area contributed by atoms with Crippen LogP contribution in [0.5, 0.6) is 0 Å². The molecule has 0 saturated carbocycles. The summed E-state index contributed by atoms with van der Waals surface area (Å²) in [5.41, 5.74) is 5.11. The number of aryl methyl sites for hydroxylation is 2. The molecule has 6 heteroatoms. The average Bonchev–Trinajstić information content (AvgIpc) is 3.12. The monoisotopic (exact) mass is 378 g/mol. The number of hydrogen-bond acceptors (Lipinski definition) is 5. The zero-order valence-corrected chi connectivity index (χ0v) is 17.1. The molecule has 0 amide bonds. The van der Waals surface area contributed by atoms with Gasteiger partial charge in [-0.2, -0.15) is 0 Å². The summed E-state index contributed by atoms with van der Waals surface area (Å²) in [7, 11) is 2.22. The molecule has 0 spiro atoms. The SMILES string of the molecule is Cc1nc(NCCCC2CCN(C)CC2)ncc1-c1nc2c(C)cccc2[nH]1. The number of rotatable bonds is 6. The highest BCUT2D eigenvalue weighted by Gasteiger charge is 2.16. The van der Waals surface area contributed by atoms with Gasteiger partial charge in [-0.3, -0.25) is 0 Å². The van der Waals surface area contributed by atoms with Gasteiger partial charge in [0.25, 0.3) is 0 Å². The first-order chi connectivity index (χ1) is 13.6. The lowest BCUT2D eigenvalue weighted by molar-refractivity contribution is 0.211. The van der Waals surface area contributed by atoms with Crippen LogP contribution in [0.4, 0.5) is 5.95 Å². The molecule has 2 N–H and O–H groups in total. The van der Waals surface area contributed by atoms with Crippen molar-refractivity contribution < 1.29 is 0 Å². The summed E-state index contributed by atoms with van der Waals surface area (Å²) in [6, 6.07) is 6.17. The average molecular weight is 379 g/mol. The predicted octanol–water partition coefficient (Wildman–Crippen LogP) is 4.17. The van der Waals surface area contributed by atoms with E-state index in [0.29, 0.717) is 5.95 Å². The van der Waals surface area contributed by atoms with E-state index in [1.165, 1.54) is 44.3 Å². The minimum absolute atomic E-state index is 0.705. The topological polar surface area (TPSA) is 69.7 Å². The van der Waals surface area contributed by atoms with E-state index in [4.69, 9.17) is 4.98 Å². The Balaban J connectivity index is 1.35. The second kappa shape index (κ2) is 8.27. The molecule has 2 aromatic heterocycles. The number of para-hydroxylation sites is 1. The van der Waals surface area contributed by atoms with Gasteiger partial charge in [0.1, 0.15) is 5.82 Å². The maximum absolute atomic E-state index is 4.75. The molecular weight excluding hydrogens is 348 g/mol. The first-order valence-corrected chi connectivity index (χ1v) is 10.3. The maximum atomic E-state index is 4.75. The van der Waals surface area contributed by atoms with Crippen molar-refractivity contribution in [3.05, 3.63) is 35.7 Å². The molecule has 0 radical (unpaired) electrons. The lowest BCUT2D eigenvalue weighted by atomic mass is 9.92. The van der Waals surface area contributed by atoms with Crippen LogP contribution in [0.3, 0.4) is 0 Å². The summed E-state index contributed by atoms with van der Waals surface area (Å²) in [6.45, 7) is 7.50. The smallest absolute Gasteiger partial charge is 0.222 e. The molecule has 4 rings (SSSR count). The first kappa shape index (κ1) is 18.9. The maximum Gasteiger partial charge on any atom is 0.222 e. The van der Waals surface area contributed by atoms with Crippen LogP contribution in [-0.4, -0.2) is 51.5 Å². The van der Waals surface area contributed by atoms with Gasteiger partial charge in [-0.15, -0.1) is 0 Å². The zero-order chi connectivity index (χ0) is 19.5. The van der Waals surface area contributed by atoms with Crippen LogP contribution in [-0.2, 0) is 0 Å². The van der Waals surface area contributed by atoms with E-state index < -0.39 is 0 Å². The van der Waals surface area contributed by atoms with E-state index >= 15 is 0 Å². The lowest BCUT2D eigenvalue weighted by Gasteiger charge is -2.28. The lowest BCUT2D eigenvalue weighted by Crippen LogP contribution is -2.30. The highest BCUT2D eigenvalue weighted by Crippen LogP contribution is 2.24. The largest absolute Gasteiger partial charge is 0.354 e. The molecule has 0 bridgehead atoms. The van der Waals surface area contributed by atoms with E-state index in [0.717, 1.165) is 40.6 Å². The number of anilines is 1. The molecule has 148 valence electrons. The Morgan fingerprint density at radius 3 is 2.75 bits per heavy atom. The summed E-state index contributed by atoms with van der Waals surface area (Å²) >= 11 is 0. The molecule has 0 aliphatic carbocycles. The number of benzene rings is 1. The van der Waals surface area contributed by atoms with Gasteiger partial charge in [0.15, 0.2) is 0 Å². The molecule has 1 aliphatic rings. The molecule has 6 nitrogen and oxygen atoms in total. The Morgan fingerprint density at radius 1 is 1.18 bits per heavy atom. The molecular formula is C22H30N6. The van der Waals surface area contributed by atoms with Gasteiger partial charge < -0.3 is 15.2 Å². The molecule has 1 aliphatic heterocycles. The quantitative estimate of drug-likeness (QED) is 0.630. The van der Waals surface area contributed by atoms with Gasteiger partial charge in [-0.05, 0) is 77.2 Å². The van der Waals surface area contributed by atoms with Gasteiger partial charge in [-0.1, -0.05) is 12.1 Å². The second-order valence-electron chi connectivity index (χ2n) is 8.06. The number of fused-ring (bicyclic) bond motifs is 1. The van der Waals surface area contributed by atoms with Gasteiger partial charge in [0, 0.05) is 12.7 Å². The van der Waals surface area contributed by atoms with E-state index in [9.17, 15) is 0 Å². The standard InChI is InChI=1S/C22H30N6/c1-15-6-4-8-19-20(15)27-21(26-19)18-14-24-22(25-16(18)2)23-11-5-7-17-9-12-28(3)13-10-17/h4,6,8,14,17H,5,7,9-13H2,1-3H3,(H,26,27)(H,23,24,25). The summed E-state index contributed by atoms with van der Waals surface area (Å²) in [6.07, 6.45) is 6.99. The molecule has 3 aromatic rings. The molecule has 0 unspecified atom stereocenters. The number of hydrogen-bond donors (Lipinski definition) is 2. The Bertz CT molecular complexity index is 939. The van der Waals surface area contributed by atoms with Gasteiger partial charge >= 0.3 is 0 Å². The third kappa shape index (κ3) is 4.17. The summed E-state index contributed by atoms with van der Waals surface area (Å²) in [5, 5.41) is 3.38. The number of nitrogens with zero attached hydrogens (tertiary/aromatic N) is 4. The van der Waals surface area contributed by atoms with Gasteiger partial charge in [0.05, 0.1) is 22.3 Å². The highest BCUT2D eigenvalue weighted by molar-refractivity contribution is 5.82. The van der Waals surface area contributed by atoms with Crippen molar-refractivity contribution in [1.29, 1.82) is 0 Å². The van der Waals surface area contributed by atoms with Crippen molar-refractivity contribution in [1.82, 2.24) is 24.8 Å². The fourth-order valence-electron chi connectivity index (χ4n) is 4.03. The van der Waals surface area contributed by atoms with Crippen molar-refractivity contribution in [3.63, 3.8) is 0 Å². The van der Waals surface area contributed by atoms with Crippen LogP contribution in [0.2, 0.25) is 0 Å². The molecule has 3 heterocycles. The van der Waals surface area contributed by atoms with Gasteiger partial charge in [-0.25, -0.2) is 15.0 Å². The summed E-state index contributed by atoms with van der Waals surface area (Å²) in [4.78, 5) is 19.7. The number of aromatic nitrogens is 4. The number of H-pyrrole nitrogens is 1. The van der Waals surface area contributed by atoms with Crippen LogP contribution in [0.25, 0.3) is 22.4 Å². The Hall–Kier alpha value is -2.47. The number of aromatic amines is 1. The fraction of sp³-hybridized carbons (Fsp3) is 0.500. The van der Waals surface area contributed by atoms with Crippen molar-refractivity contribution in [3.8, 4) is 11.4 Å². The van der Waals surface area contributed by atoms with Crippen LogP contribution >= 0.6 is 0 Å². The van der Waals surface area contributed by atoms with Crippen molar-refractivity contribution in [2.75, 3.05) is 32.0 Å². The Labute approximate surface area is 166 Å². The number of imidazole rings is 1. The molecule has 1 aromatic carbocycles. The van der Waals surface area contributed by atoms with Crippen LogP contribution < -0.4 is 5.32 Å². The third-order valence-electron chi connectivity index (χ3n) is 5.86. The normalized spacial score (nSPS) is 16.0. The zero-order valence-electron chi connectivity index (χ0n) is 17.1. The molecule has 28 heavy (non-hydrogen) atoms. The second-order valence-corrected chi connectivity index (χ2v) is 8.06. The van der Waals surface area contributed by atoms with E-state index in [1.54, 1.807) is 0 Å². The van der Waals surface area contributed by atoms with Crippen molar-refractivity contribution >= 4 is 17.0 Å². The highest BCUT2D eigenvalue weighted by atomic mass is 15.1. The number of likely N-dealkylation sites (tertiary alicyclic amines) is 1. The first-order valence-electron chi connectivity index (χ1n) is 10.3. The third-order valence-corrected chi connectivity index (χ3v) is 5.86. The van der Waals surface area contributed by atoms with Crippen molar-refractivity contribution in [2.45, 2.75) is 39.5 Å². The summed E-state index contributed by atoms with van der Waals surface area (Å²) in [5.74, 6) is 2.41. The van der Waals surface area contributed by atoms with E-state index in [1.807, 2.05) is 19.2 Å². The van der Waals surface area contributed by atoms with Gasteiger partial charge in [0.2, 0.25) is 5.95 Å². The molecule has 1 saturated heterocycles. The Kier molecular flexibility index (Phi) is 5.57. The van der Waals surface area contributed by atoms with E-state index in [-0.39, 0.29) is 0 Å². The number of nitrogens with one attached hydrogen (secondary N) is 2. The molecule has 0 atom stereocenters. The number of piperidine rings is 1. The van der Waals surface area contributed by atoms with Crippen LogP contribution in [0.15, 0.2) is 24.4 Å². The van der Waals surface area contributed by atoms with Crippen molar-refractivity contribution in [2.24, 2.45) is 5.92 Å². The fourth-order valence-corrected chi connectivity index (χ4v) is 4.03. The summed E-state index contributed by atoms with van der Waals surface area (Å²) < 4.78 is 0. The van der Waals surface area contributed by atoms with Crippen LogP contribution in [0.1, 0.15) is 36.9 Å². The molecule has 1 fully saturated rings.